The molecule has 2 aromatic carbocycles. The first kappa shape index (κ1) is 16.9. The van der Waals surface area contributed by atoms with Crippen molar-refractivity contribution in [2.75, 3.05) is 0 Å². The summed E-state index contributed by atoms with van der Waals surface area (Å²) in [7, 11) is 0. The maximum atomic E-state index is 11.6. The number of para-hydroxylation sites is 1. The maximum Gasteiger partial charge on any atom is 0.252 e. The summed E-state index contributed by atoms with van der Waals surface area (Å²) in [6.07, 6.45) is 0. The average molecular weight is 358 g/mol. The number of aromatic nitrogens is 4. The van der Waals surface area contributed by atoms with E-state index < -0.39 is 5.91 Å². The number of hydrogen-bond acceptors (Lipinski definition) is 5. The van der Waals surface area contributed by atoms with Crippen LogP contribution >= 0.6 is 11.6 Å². The van der Waals surface area contributed by atoms with Gasteiger partial charge in [0.2, 0.25) is 0 Å². The highest BCUT2D eigenvalue weighted by Crippen LogP contribution is 2.24. The van der Waals surface area contributed by atoms with Crippen LogP contribution in [0, 0.1) is 13.8 Å². The van der Waals surface area contributed by atoms with E-state index in [9.17, 15) is 4.79 Å². The molecule has 128 valence electrons. The molecular formula is C17H16ClN5O2. The van der Waals surface area contributed by atoms with Crippen molar-refractivity contribution >= 4 is 17.5 Å². The standard InChI is InChI=1S/C17H16ClN5O2/c1-10-4-3-5-11(2)16(10)23-15(20-21-22-23)9-25-14-7-6-12(18)8-13(14)17(19)24/h3-8H,9H2,1-2H3,(H2,19,24). The molecule has 25 heavy (non-hydrogen) atoms. The smallest absolute Gasteiger partial charge is 0.252 e. The number of halogens is 1. The van der Waals surface area contributed by atoms with Crippen LogP contribution in [0.1, 0.15) is 27.3 Å². The third kappa shape index (κ3) is 3.46. The van der Waals surface area contributed by atoms with Gasteiger partial charge in [0.05, 0.1) is 11.3 Å². The van der Waals surface area contributed by atoms with Crippen molar-refractivity contribution < 1.29 is 9.53 Å². The molecule has 2 N–H and O–H groups in total. The first-order valence-corrected chi connectivity index (χ1v) is 7.91. The van der Waals surface area contributed by atoms with Gasteiger partial charge in [-0.3, -0.25) is 4.79 Å². The molecule has 1 amide bonds. The van der Waals surface area contributed by atoms with Crippen molar-refractivity contribution in [1.82, 2.24) is 20.2 Å². The first-order chi connectivity index (χ1) is 12.0. The zero-order chi connectivity index (χ0) is 18.0. The number of nitrogens with zero attached hydrogens (tertiary/aromatic N) is 4. The molecule has 0 fully saturated rings. The van der Waals surface area contributed by atoms with Crippen molar-refractivity contribution in [3.8, 4) is 11.4 Å². The van der Waals surface area contributed by atoms with Crippen molar-refractivity contribution in [2.24, 2.45) is 5.73 Å². The van der Waals surface area contributed by atoms with E-state index in [0.29, 0.717) is 16.6 Å². The Morgan fingerprint density at radius 2 is 1.96 bits per heavy atom. The normalized spacial score (nSPS) is 10.7. The van der Waals surface area contributed by atoms with Crippen LogP contribution < -0.4 is 10.5 Å². The predicted molar refractivity (Wildman–Crippen MR) is 92.9 cm³/mol. The highest BCUT2D eigenvalue weighted by atomic mass is 35.5. The van der Waals surface area contributed by atoms with Gasteiger partial charge in [0, 0.05) is 5.02 Å². The fourth-order valence-corrected chi connectivity index (χ4v) is 2.74. The lowest BCUT2D eigenvalue weighted by Crippen LogP contribution is -2.14. The summed E-state index contributed by atoms with van der Waals surface area (Å²) in [6, 6.07) is 10.6. The number of primary amides is 1. The largest absolute Gasteiger partial charge is 0.485 e. The van der Waals surface area contributed by atoms with Gasteiger partial charge in [0.15, 0.2) is 5.82 Å². The minimum Gasteiger partial charge on any atom is -0.485 e. The monoisotopic (exact) mass is 357 g/mol. The Morgan fingerprint density at radius 1 is 1.24 bits per heavy atom. The van der Waals surface area contributed by atoms with Crippen LogP contribution in [0.3, 0.4) is 0 Å². The van der Waals surface area contributed by atoms with Crippen molar-refractivity contribution in [3.05, 3.63) is 63.9 Å². The predicted octanol–water partition coefficient (Wildman–Crippen LogP) is 2.61. The molecule has 3 aromatic rings. The van der Waals surface area contributed by atoms with Gasteiger partial charge in [-0.1, -0.05) is 29.8 Å². The number of hydrogen-bond donors (Lipinski definition) is 1. The Labute approximate surface area is 149 Å². The number of carbonyl (C=O) groups excluding carboxylic acids is 1. The molecule has 7 nitrogen and oxygen atoms in total. The zero-order valence-electron chi connectivity index (χ0n) is 13.7. The average Bonchev–Trinajstić information content (AvgIpc) is 3.01. The highest BCUT2D eigenvalue weighted by molar-refractivity contribution is 6.31. The topological polar surface area (TPSA) is 95.9 Å². The highest BCUT2D eigenvalue weighted by Gasteiger charge is 2.15. The molecule has 8 heteroatoms. The summed E-state index contributed by atoms with van der Waals surface area (Å²) in [5.41, 5.74) is 8.56. The fourth-order valence-electron chi connectivity index (χ4n) is 2.57. The van der Waals surface area contributed by atoms with Crippen LogP contribution in [0.5, 0.6) is 5.75 Å². The Hall–Kier alpha value is -2.93. The van der Waals surface area contributed by atoms with Gasteiger partial charge in [0.1, 0.15) is 12.4 Å². The van der Waals surface area contributed by atoms with Crippen molar-refractivity contribution in [3.63, 3.8) is 0 Å². The van der Waals surface area contributed by atoms with Gasteiger partial charge in [-0.15, -0.1) is 5.10 Å². The van der Waals surface area contributed by atoms with E-state index >= 15 is 0 Å². The van der Waals surface area contributed by atoms with Gasteiger partial charge in [-0.2, -0.15) is 4.68 Å². The quantitative estimate of drug-likeness (QED) is 0.757. The van der Waals surface area contributed by atoms with Crippen LogP contribution in [0.4, 0.5) is 0 Å². The number of carbonyl (C=O) groups is 1. The van der Waals surface area contributed by atoms with E-state index in [1.165, 1.54) is 6.07 Å². The molecule has 0 saturated carbocycles. The van der Waals surface area contributed by atoms with Crippen LogP contribution in [0.2, 0.25) is 5.02 Å². The van der Waals surface area contributed by atoms with E-state index in [-0.39, 0.29) is 12.2 Å². The third-order valence-electron chi connectivity index (χ3n) is 3.75. The lowest BCUT2D eigenvalue weighted by Gasteiger charge is -2.12. The van der Waals surface area contributed by atoms with Gasteiger partial charge in [-0.05, 0) is 53.6 Å². The molecule has 0 atom stereocenters. The molecule has 1 aromatic heterocycles. The molecule has 0 aliphatic rings. The second kappa shape index (κ2) is 6.90. The number of benzene rings is 2. The SMILES string of the molecule is Cc1cccc(C)c1-n1nnnc1COc1ccc(Cl)cc1C(N)=O. The number of tetrazole rings is 1. The van der Waals surface area contributed by atoms with Crippen molar-refractivity contribution in [1.29, 1.82) is 0 Å². The van der Waals surface area contributed by atoms with Crippen LogP contribution in [0.25, 0.3) is 5.69 Å². The van der Waals surface area contributed by atoms with Crippen LogP contribution in [-0.4, -0.2) is 26.1 Å². The third-order valence-corrected chi connectivity index (χ3v) is 3.98. The summed E-state index contributed by atoms with van der Waals surface area (Å²) in [4.78, 5) is 11.6. The lowest BCUT2D eigenvalue weighted by atomic mass is 10.1. The number of ether oxygens (including phenoxy) is 1. The number of nitrogens with two attached hydrogens (primary N) is 1. The minimum absolute atomic E-state index is 0.0721. The van der Waals surface area contributed by atoms with E-state index in [1.54, 1.807) is 16.8 Å². The summed E-state index contributed by atoms with van der Waals surface area (Å²) < 4.78 is 7.35. The Kier molecular flexibility index (Phi) is 4.67. The molecule has 0 unspecified atom stereocenters. The molecule has 0 spiro atoms. The Bertz CT molecular complexity index is 918. The molecule has 0 bridgehead atoms. The minimum atomic E-state index is -0.619. The number of amides is 1. The van der Waals surface area contributed by atoms with Gasteiger partial charge in [0.25, 0.3) is 5.91 Å². The molecule has 0 aliphatic heterocycles. The maximum absolute atomic E-state index is 11.6. The molecule has 0 radical (unpaired) electrons. The zero-order valence-corrected chi connectivity index (χ0v) is 14.5. The summed E-state index contributed by atoms with van der Waals surface area (Å²) in [5, 5.41) is 12.2. The summed E-state index contributed by atoms with van der Waals surface area (Å²) >= 11 is 5.90. The molecule has 0 saturated heterocycles. The van der Waals surface area contributed by atoms with Gasteiger partial charge < -0.3 is 10.5 Å². The van der Waals surface area contributed by atoms with E-state index in [1.807, 2.05) is 32.0 Å². The number of aryl methyl sites for hydroxylation is 2. The molecule has 0 aliphatic carbocycles. The van der Waals surface area contributed by atoms with Gasteiger partial charge in [-0.25, -0.2) is 0 Å². The van der Waals surface area contributed by atoms with Crippen molar-refractivity contribution in [2.45, 2.75) is 20.5 Å². The lowest BCUT2D eigenvalue weighted by molar-refractivity contribution is 0.0995. The van der Waals surface area contributed by atoms with E-state index in [2.05, 4.69) is 15.5 Å². The second-order valence-electron chi connectivity index (χ2n) is 5.54. The summed E-state index contributed by atoms with van der Waals surface area (Å²) in [6.45, 7) is 4.04. The molecular weight excluding hydrogens is 342 g/mol. The van der Waals surface area contributed by atoms with Crippen LogP contribution in [-0.2, 0) is 6.61 Å². The first-order valence-electron chi connectivity index (χ1n) is 7.53. The van der Waals surface area contributed by atoms with Gasteiger partial charge >= 0.3 is 0 Å². The Balaban J connectivity index is 1.90. The second-order valence-corrected chi connectivity index (χ2v) is 5.98. The van der Waals surface area contributed by atoms with Crippen LogP contribution in [0.15, 0.2) is 36.4 Å². The van der Waals surface area contributed by atoms with E-state index in [0.717, 1.165) is 16.8 Å². The Morgan fingerprint density at radius 3 is 2.64 bits per heavy atom. The summed E-state index contributed by atoms with van der Waals surface area (Å²) in [5.74, 6) is 0.211. The fraction of sp³-hybridized carbons (Fsp3) is 0.176. The number of rotatable bonds is 5. The molecule has 3 rings (SSSR count). The molecule has 1 heterocycles. The van der Waals surface area contributed by atoms with E-state index in [4.69, 9.17) is 22.1 Å².